The van der Waals surface area contributed by atoms with Crippen molar-refractivity contribution in [2.75, 3.05) is 13.2 Å². The van der Waals surface area contributed by atoms with Crippen LogP contribution in [0.2, 0.25) is 0 Å². The van der Waals surface area contributed by atoms with Gasteiger partial charge in [0, 0.05) is 12.0 Å². The average molecular weight is 235 g/mol. The molecular formula is C15H22FN. The fraction of sp³-hybridized carbons (Fsp3) is 0.600. The highest BCUT2D eigenvalue weighted by Crippen LogP contribution is 2.40. The van der Waals surface area contributed by atoms with Gasteiger partial charge in [-0.25, -0.2) is 0 Å². The number of halogens is 1. The number of aryl methyl sites for hydroxylation is 1. The van der Waals surface area contributed by atoms with Gasteiger partial charge in [-0.05, 0) is 36.8 Å². The second kappa shape index (κ2) is 5.63. The van der Waals surface area contributed by atoms with E-state index in [0.29, 0.717) is 6.42 Å². The first-order valence-electron chi connectivity index (χ1n) is 6.66. The van der Waals surface area contributed by atoms with Crippen molar-refractivity contribution >= 4 is 0 Å². The Morgan fingerprint density at radius 2 is 1.76 bits per heavy atom. The van der Waals surface area contributed by atoms with Crippen molar-refractivity contribution in [1.29, 1.82) is 0 Å². The normalized spacial score (nSPS) is 18.5. The molecule has 2 rings (SSSR count). The van der Waals surface area contributed by atoms with Crippen LogP contribution >= 0.6 is 0 Å². The first kappa shape index (κ1) is 12.6. The molecule has 17 heavy (non-hydrogen) atoms. The lowest BCUT2D eigenvalue weighted by atomic mass is 9.79. The monoisotopic (exact) mass is 235 g/mol. The average Bonchev–Trinajstić information content (AvgIpc) is 2.87. The minimum absolute atomic E-state index is 0.221. The van der Waals surface area contributed by atoms with E-state index in [9.17, 15) is 4.39 Å². The van der Waals surface area contributed by atoms with Crippen molar-refractivity contribution < 1.29 is 4.39 Å². The highest BCUT2D eigenvalue weighted by molar-refractivity contribution is 5.30. The second-order valence-electron chi connectivity index (χ2n) is 5.18. The summed E-state index contributed by atoms with van der Waals surface area (Å²) in [5.74, 6) is 0. The number of hydrogen-bond acceptors (Lipinski definition) is 1. The highest BCUT2D eigenvalue weighted by atomic mass is 19.1. The summed E-state index contributed by atoms with van der Waals surface area (Å²) in [6.45, 7) is 0.519. The molecule has 0 atom stereocenters. The second-order valence-corrected chi connectivity index (χ2v) is 5.18. The Kier molecular flexibility index (Phi) is 4.16. The number of rotatable bonds is 5. The minimum atomic E-state index is -0.228. The zero-order valence-electron chi connectivity index (χ0n) is 10.4. The van der Waals surface area contributed by atoms with Crippen LogP contribution in [0.15, 0.2) is 24.3 Å². The maximum absolute atomic E-state index is 12.1. The predicted molar refractivity (Wildman–Crippen MR) is 69.9 cm³/mol. The van der Waals surface area contributed by atoms with E-state index >= 15 is 0 Å². The predicted octanol–water partition coefficient (Wildman–Crippen LogP) is 3.36. The lowest BCUT2D eigenvalue weighted by molar-refractivity contribution is 0.452. The van der Waals surface area contributed by atoms with Crippen LogP contribution in [0.5, 0.6) is 0 Å². The van der Waals surface area contributed by atoms with E-state index in [1.165, 1.54) is 36.8 Å². The van der Waals surface area contributed by atoms with Gasteiger partial charge in [0.05, 0.1) is 6.67 Å². The molecule has 0 aliphatic heterocycles. The van der Waals surface area contributed by atoms with Crippen LogP contribution in [-0.4, -0.2) is 13.2 Å². The minimum Gasteiger partial charge on any atom is -0.330 e. The van der Waals surface area contributed by atoms with Crippen LogP contribution in [0.1, 0.15) is 43.2 Å². The number of benzene rings is 1. The van der Waals surface area contributed by atoms with Crippen molar-refractivity contribution in [2.45, 2.75) is 43.9 Å². The molecule has 0 aromatic heterocycles. The smallest absolute Gasteiger partial charge is 0.0897 e. The summed E-state index contributed by atoms with van der Waals surface area (Å²) in [7, 11) is 0. The Hall–Kier alpha value is -0.890. The van der Waals surface area contributed by atoms with Gasteiger partial charge < -0.3 is 5.73 Å². The molecule has 0 amide bonds. The molecule has 0 saturated heterocycles. The number of nitrogens with two attached hydrogens (primary N) is 1. The maximum Gasteiger partial charge on any atom is 0.0897 e. The molecule has 0 bridgehead atoms. The molecule has 1 nitrogen and oxygen atoms in total. The van der Waals surface area contributed by atoms with Crippen molar-refractivity contribution in [3.63, 3.8) is 0 Å². The number of alkyl halides is 1. The summed E-state index contributed by atoms with van der Waals surface area (Å²) in [6.07, 6.45) is 6.48. The van der Waals surface area contributed by atoms with Crippen LogP contribution in [0.25, 0.3) is 0 Å². The lowest BCUT2D eigenvalue weighted by Gasteiger charge is -2.28. The molecule has 1 fully saturated rings. The van der Waals surface area contributed by atoms with Crippen molar-refractivity contribution in [1.82, 2.24) is 0 Å². The van der Waals surface area contributed by atoms with Crippen molar-refractivity contribution in [3.8, 4) is 0 Å². The van der Waals surface area contributed by atoms with Crippen LogP contribution < -0.4 is 5.73 Å². The van der Waals surface area contributed by atoms with Crippen LogP contribution in [0.3, 0.4) is 0 Å². The van der Waals surface area contributed by atoms with Gasteiger partial charge in [-0.3, -0.25) is 4.39 Å². The molecule has 1 aliphatic rings. The van der Waals surface area contributed by atoms with Gasteiger partial charge in [0.1, 0.15) is 0 Å². The van der Waals surface area contributed by atoms with E-state index in [2.05, 4.69) is 24.3 Å². The van der Waals surface area contributed by atoms with E-state index in [4.69, 9.17) is 5.73 Å². The Morgan fingerprint density at radius 1 is 1.12 bits per heavy atom. The molecular weight excluding hydrogens is 213 g/mol. The van der Waals surface area contributed by atoms with Crippen LogP contribution in [-0.2, 0) is 11.8 Å². The van der Waals surface area contributed by atoms with Gasteiger partial charge in [0.15, 0.2) is 0 Å². The third kappa shape index (κ3) is 2.68. The molecule has 1 aromatic rings. The summed E-state index contributed by atoms with van der Waals surface area (Å²) in [4.78, 5) is 0. The van der Waals surface area contributed by atoms with E-state index < -0.39 is 0 Å². The summed E-state index contributed by atoms with van der Waals surface area (Å²) in [6, 6.07) is 8.68. The summed E-state index contributed by atoms with van der Waals surface area (Å²) >= 11 is 0. The molecule has 0 heterocycles. The lowest BCUT2D eigenvalue weighted by Crippen LogP contribution is -2.31. The highest BCUT2D eigenvalue weighted by Gasteiger charge is 2.33. The van der Waals surface area contributed by atoms with E-state index in [-0.39, 0.29) is 12.1 Å². The zero-order chi connectivity index (χ0) is 12.1. The summed E-state index contributed by atoms with van der Waals surface area (Å²) < 4.78 is 12.1. The standard InChI is InChI=1S/C15H22FN/c16-11-3-4-13-5-7-14(8-6-13)15(12-17)9-1-2-10-15/h5-8H,1-4,9-12,17H2. The zero-order valence-corrected chi connectivity index (χ0v) is 10.4. The Balaban J connectivity index is 2.11. The van der Waals surface area contributed by atoms with Gasteiger partial charge in [-0.15, -0.1) is 0 Å². The topological polar surface area (TPSA) is 26.0 Å². The Morgan fingerprint density at radius 3 is 2.29 bits per heavy atom. The van der Waals surface area contributed by atoms with E-state index in [1.807, 2.05) is 0 Å². The van der Waals surface area contributed by atoms with E-state index in [0.717, 1.165) is 13.0 Å². The van der Waals surface area contributed by atoms with Gasteiger partial charge >= 0.3 is 0 Å². The van der Waals surface area contributed by atoms with Crippen LogP contribution in [0, 0.1) is 0 Å². The molecule has 1 aliphatic carbocycles. The first-order valence-corrected chi connectivity index (χ1v) is 6.66. The Labute approximate surface area is 103 Å². The third-order valence-electron chi connectivity index (χ3n) is 4.12. The maximum atomic E-state index is 12.1. The Bertz CT molecular complexity index is 338. The molecule has 94 valence electrons. The molecule has 1 aromatic carbocycles. The van der Waals surface area contributed by atoms with Crippen molar-refractivity contribution in [2.24, 2.45) is 5.73 Å². The summed E-state index contributed by atoms with van der Waals surface area (Å²) in [5.41, 5.74) is 8.80. The SMILES string of the molecule is NCC1(c2ccc(CCCF)cc2)CCCC1. The first-order chi connectivity index (χ1) is 8.30. The van der Waals surface area contributed by atoms with E-state index in [1.54, 1.807) is 0 Å². The molecule has 0 radical (unpaired) electrons. The number of hydrogen-bond donors (Lipinski definition) is 1. The fourth-order valence-electron chi connectivity index (χ4n) is 2.96. The molecule has 2 heteroatoms. The molecule has 1 saturated carbocycles. The molecule has 2 N–H and O–H groups in total. The van der Waals surface area contributed by atoms with Gasteiger partial charge in [-0.2, -0.15) is 0 Å². The fourth-order valence-corrected chi connectivity index (χ4v) is 2.96. The van der Waals surface area contributed by atoms with Crippen molar-refractivity contribution in [3.05, 3.63) is 35.4 Å². The third-order valence-corrected chi connectivity index (χ3v) is 4.12. The quantitative estimate of drug-likeness (QED) is 0.832. The molecule has 0 unspecified atom stereocenters. The van der Waals surface area contributed by atoms with Gasteiger partial charge in [0.25, 0.3) is 0 Å². The summed E-state index contributed by atoms with van der Waals surface area (Å²) in [5, 5.41) is 0. The van der Waals surface area contributed by atoms with Crippen LogP contribution in [0.4, 0.5) is 4.39 Å². The van der Waals surface area contributed by atoms with Gasteiger partial charge in [0.2, 0.25) is 0 Å². The van der Waals surface area contributed by atoms with Gasteiger partial charge in [-0.1, -0.05) is 37.1 Å². The largest absolute Gasteiger partial charge is 0.330 e. The molecule has 0 spiro atoms.